The van der Waals surface area contributed by atoms with Crippen molar-refractivity contribution in [1.29, 1.82) is 0 Å². The molecule has 4 heteroatoms. The van der Waals surface area contributed by atoms with Crippen molar-refractivity contribution in [3.05, 3.63) is 12.7 Å². The predicted octanol–water partition coefficient (Wildman–Crippen LogP) is 2.42. The molecule has 0 saturated carbocycles. The zero-order valence-electron chi connectivity index (χ0n) is 11.6. The fourth-order valence-corrected chi connectivity index (χ4v) is 1.84. The van der Waals surface area contributed by atoms with Crippen LogP contribution in [0.4, 0.5) is 0 Å². The minimum Gasteiger partial charge on any atom is -0.301 e. The zero-order valence-corrected chi connectivity index (χ0v) is 11.6. The molecular weight excluding hydrogens is 212 g/mol. The molecule has 0 fully saturated rings. The van der Waals surface area contributed by atoms with Gasteiger partial charge >= 0.3 is 0 Å². The van der Waals surface area contributed by atoms with Gasteiger partial charge in [0.25, 0.3) is 0 Å². The van der Waals surface area contributed by atoms with Gasteiger partial charge in [0.2, 0.25) is 0 Å². The van der Waals surface area contributed by atoms with Crippen LogP contribution in [0, 0.1) is 5.92 Å². The van der Waals surface area contributed by atoms with Gasteiger partial charge in [0, 0.05) is 19.1 Å². The Labute approximate surface area is 105 Å². The lowest BCUT2D eigenvalue weighted by molar-refractivity contribution is 0.203. The van der Waals surface area contributed by atoms with Crippen LogP contribution in [0.5, 0.6) is 0 Å². The van der Waals surface area contributed by atoms with Gasteiger partial charge < -0.3 is 4.90 Å². The third kappa shape index (κ3) is 5.82. The first-order chi connectivity index (χ1) is 8.09. The van der Waals surface area contributed by atoms with E-state index >= 15 is 0 Å². The number of hydrogen-bond acceptors (Lipinski definition) is 3. The molecule has 0 amide bonds. The highest BCUT2D eigenvalue weighted by Crippen LogP contribution is 2.06. The van der Waals surface area contributed by atoms with E-state index < -0.39 is 0 Å². The van der Waals surface area contributed by atoms with Crippen LogP contribution in [0.25, 0.3) is 0 Å². The maximum absolute atomic E-state index is 4.12. The largest absolute Gasteiger partial charge is 0.301 e. The standard InChI is InChI=1S/C13H26N4/c1-12(2)6-9-16(13(3)4)7-5-8-17-11-14-10-15-17/h10-13H,5-9H2,1-4H3. The second-order valence-electron chi connectivity index (χ2n) is 5.32. The van der Waals surface area contributed by atoms with Crippen LogP contribution >= 0.6 is 0 Å². The highest BCUT2D eigenvalue weighted by Gasteiger charge is 2.09. The summed E-state index contributed by atoms with van der Waals surface area (Å²) in [6.07, 6.45) is 5.80. The molecule has 0 bridgehead atoms. The summed E-state index contributed by atoms with van der Waals surface area (Å²) in [5.74, 6) is 0.784. The SMILES string of the molecule is CC(C)CCN(CCCn1cncn1)C(C)C. The minimum atomic E-state index is 0.629. The Morgan fingerprint density at radius 3 is 2.47 bits per heavy atom. The summed E-state index contributed by atoms with van der Waals surface area (Å²) in [6.45, 7) is 12.4. The van der Waals surface area contributed by atoms with E-state index in [2.05, 4.69) is 42.7 Å². The van der Waals surface area contributed by atoms with Gasteiger partial charge in [-0.05, 0) is 39.2 Å². The van der Waals surface area contributed by atoms with Crippen molar-refractivity contribution < 1.29 is 0 Å². The zero-order chi connectivity index (χ0) is 12.7. The Morgan fingerprint density at radius 1 is 1.18 bits per heavy atom. The van der Waals surface area contributed by atoms with Crippen LogP contribution in [0.3, 0.4) is 0 Å². The Hall–Kier alpha value is -0.900. The normalized spacial score (nSPS) is 11.9. The lowest BCUT2D eigenvalue weighted by Crippen LogP contribution is -2.33. The predicted molar refractivity (Wildman–Crippen MR) is 70.8 cm³/mol. The second kappa shape index (κ2) is 7.43. The van der Waals surface area contributed by atoms with Gasteiger partial charge in [-0.2, -0.15) is 5.10 Å². The number of hydrogen-bond donors (Lipinski definition) is 0. The minimum absolute atomic E-state index is 0.629. The van der Waals surface area contributed by atoms with E-state index in [4.69, 9.17) is 0 Å². The van der Waals surface area contributed by atoms with Gasteiger partial charge in [-0.25, -0.2) is 4.98 Å². The topological polar surface area (TPSA) is 34.0 Å². The molecule has 0 N–H and O–H groups in total. The first kappa shape index (κ1) is 14.2. The van der Waals surface area contributed by atoms with Gasteiger partial charge in [0.05, 0.1) is 0 Å². The monoisotopic (exact) mass is 238 g/mol. The van der Waals surface area contributed by atoms with E-state index in [9.17, 15) is 0 Å². The van der Waals surface area contributed by atoms with Gasteiger partial charge in [-0.3, -0.25) is 4.68 Å². The van der Waals surface area contributed by atoms with Crippen molar-refractivity contribution >= 4 is 0 Å². The Bertz CT molecular complexity index is 280. The molecule has 98 valence electrons. The van der Waals surface area contributed by atoms with Crippen molar-refractivity contribution in [3.8, 4) is 0 Å². The third-order valence-electron chi connectivity index (χ3n) is 3.02. The molecule has 0 unspecified atom stereocenters. The van der Waals surface area contributed by atoms with E-state index in [1.165, 1.54) is 13.0 Å². The molecule has 1 aromatic rings. The van der Waals surface area contributed by atoms with Gasteiger partial charge in [-0.1, -0.05) is 13.8 Å². The van der Waals surface area contributed by atoms with E-state index in [1.807, 2.05) is 4.68 Å². The molecule has 0 saturated heterocycles. The van der Waals surface area contributed by atoms with E-state index in [1.54, 1.807) is 12.7 Å². The summed E-state index contributed by atoms with van der Waals surface area (Å²) in [6, 6.07) is 0.629. The Kier molecular flexibility index (Phi) is 6.19. The summed E-state index contributed by atoms with van der Waals surface area (Å²) >= 11 is 0. The van der Waals surface area contributed by atoms with Crippen molar-refractivity contribution in [2.24, 2.45) is 5.92 Å². The molecule has 0 aliphatic heterocycles. The summed E-state index contributed by atoms with van der Waals surface area (Å²) in [5, 5.41) is 4.12. The third-order valence-corrected chi connectivity index (χ3v) is 3.02. The van der Waals surface area contributed by atoms with Crippen molar-refractivity contribution in [2.45, 2.75) is 53.1 Å². The highest BCUT2D eigenvalue weighted by atomic mass is 15.3. The molecule has 0 aliphatic rings. The molecule has 0 spiro atoms. The van der Waals surface area contributed by atoms with Crippen LogP contribution in [0.1, 0.15) is 40.5 Å². The van der Waals surface area contributed by atoms with Gasteiger partial charge in [0.15, 0.2) is 0 Å². The van der Waals surface area contributed by atoms with Crippen molar-refractivity contribution in [3.63, 3.8) is 0 Å². The lowest BCUT2D eigenvalue weighted by atomic mass is 10.1. The molecule has 0 atom stereocenters. The molecule has 0 radical (unpaired) electrons. The molecule has 1 rings (SSSR count). The average molecular weight is 238 g/mol. The quantitative estimate of drug-likeness (QED) is 0.697. The molecule has 17 heavy (non-hydrogen) atoms. The molecule has 4 nitrogen and oxygen atoms in total. The Balaban J connectivity index is 2.24. The van der Waals surface area contributed by atoms with Crippen LogP contribution in [-0.2, 0) is 6.54 Å². The summed E-state index contributed by atoms with van der Waals surface area (Å²) in [7, 11) is 0. The van der Waals surface area contributed by atoms with Crippen LogP contribution in [0.2, 0.25) is 0 Å². The van der Waals surface area contributed by atoms with Crippen molar-refractivity contribution in [1.82, 2.24) is 19.7 Å². The first-order valence-corrected chi connectivity index (χ1v) is 6.66. The average Bonchev–Trinajstić information content (AvgIpc) is 2.74. The highest BCUT2D eigenvalue weighted by molar-refractivity contribution is 4.65. The number of nitrogens with zero attached hydrogens (tertiary/aromatic N) is 4. The summed E-state index contributed by atoms with van der Waals surface area (Å²) in [4.78, 5) is 6.51. The molecule has 1 heterocycles. The smallest absolute Gasteiger partial charge is 0.137 e. The maximum atomic E-state index is 4.12. The van der Waals surface area contributed by atoms with Crippen LogP contribution < -0.4 is 0 Å². The molecular formula is C13H26N4. The fourth-order valence-electron chi connectivity index (χ4n) is 1.84. The molecule has 1 aromatic heterocycles. The summed E-state index contributed by atoms with van der Waals surface area (Å²) < 4.78 is 1.90. The maximum Gasteiger partial charge on any atom is 0.137 e. The van der Waals surface area contributed by atoms with Crippen molar-refractivity contribution in [2.75, 3.05) is 13.1 Å². The number of aromatic nitrogens is 3. The summed E-state index contributed by atoms with van der Waals surface area (Å²) in [5.41, 5.74) is 0. The molecule has 0 aliphatic carbocycles. The fraction of sp³-hybridized carbons (Fsp3) is 0.846. The van der Waals surface area contributed by atoms with Crippen LogP contribution in [-0.4, -0.2) is 38.8 Å². The molecule has 0 aromatic carbocycles. The van der Waals surface area contributed by atoms with Gasteiger partial charge in [0.1, 0.15) is 12.7 Å². The lowest BCUT2D eigenvalue weighted by Gasteiger charge is -2.27. The Morgan fingerprint density at radius 2 is 1.94 bits per heavy atom. The van der Waals surface area contributed by atoms with E-state index in [-0.39, 0.29) is 0 Å². The van der Waals surface area contributed by atoms with E-state index in [0.717, 1.165) is 25.4 Å². The first-order valence-electron chi connectivity index (χ1n) is 6.66. The van der Waals surface area contributed by atoms with Gasteiger partial charge in [-0.15, -0.1) is 0 Å². The number of aryl methyl sites for hydroxylation is 1. The number of rotatable bonds is 8. The van der Waals surface area contributed by atoms with E-state index in [0.29, 0.717) is 6.04 Å². The second-order valence-corrected chi connectivity index (χ2v) is 5.32. The van der Waals surface area contributed by atoms with Crippen LogP contribution in [0.15, 0.2) is 12.7 Å².